The number of pyridine rings is 1. The van der Waals surface area contributed by atoms with Crippen molar-refractivity contribution in [3.63, 3.8) is 0 Å². The highest BCUT2D eigenvalue weighted by Gasteiger charge is 2.08. The van der Waals surface area contributed by atoms with Gasteiger partial charge < -0.3 is 4.74 Å². The van der Waals surface area contributed by atoms with Crippen molar-refractivity contribution in [3.05, 3.63) is 72.9 Å². The van der Waals surface area contributed by atoms with E-state index < -0.39 is 0 Å². The summed E-state index contributed by atoms with van der Waals surface area (Å²) in [5.41, 5.74) is 4.39. The van der Waals surface area contributed by atoms with Crippen LogP contribution in [0.5, 0.6) is 5.75 Å². The lowest BCUT2D eigenvalue weighted by atomic mass is 9.99. The van der Waals surface area contributed by atoms with Crippen molar-refractivity contribution in [2.45, 2.75) is 0 Å². The van der Waals surface area contributed by atoms with E-state index in [0.29, 0.717) is 0 Å². The Morgan fingerprint density at radius 2 is 1.50 bits per heavy atom. The highest BCUT2D eigenvalue weighted by atomic mass is 16.5. The van der Waals surface area contributed by atoms with Gasteiger partial charge in [-0.3, -0.25) is 4.98 Å². The quantitative estimate of drug-likeness (QED) is 0.696. The summed E-state index contributed by atoms with van der Waals surface area (Å²) < 4.78 is 5.20. The smallest absolute Gasteiger partial charge is 0.118 e. The van der Waals surface area contributed by atoms with Crippen LogP contribution in [0.3, 0.4) is 0 Å². The number of rotatable bonds is 3. The maximum atomic E-state index is 5.20. The fourth-order valence-corrected chi connectivity index (χ4v) is 2.23. The van der Waals surface area contributed by atoms with E-state index in [9.17, 15) is 0 Å². The summed E-state index contributed by atoms with van der Waals surface area (Å²) in [6.07, 6.45) is 1.83. The molecule has 2 aromatic carbocycles. The molecule has 0 aliphatic rings. The van der Waals surface area contributed by atoms with Gasteiger partial charge in [-0.15, -0.1) is 0 Å². The Morgan fingerprint density at radius 3 is 2.20 bits per heavy atom. The normalized spacial score (nSPS) is 10.2. The van der Waals surface area contributed by atoms with Crippen molar-refractivity contribution in [1.82, 2.24) is 4.98 Å². The van der Waals surface area contributed by atoms with Crippen molar-refractivity contribution in [3.8, 4) is 28.1 Å². The molecule has 1 aromatic heterocycles. The fourth-order valence-electron chi connectivity index (χ4n) is 2.23. The van der Waals surface area contributed by atoms with Crippen LogP contribution in [0.1, 0.15) is 0 Å². The van der Waals surface area contributed by atoms with Gasteiger partial charge in [0, 0.05) is 17.3 Å². The van der Waals surface area contributed by atoms with Gasteiger partial charge in [0.25, 0.3) is 0 Å². The molecule has 3 rings (SSSR count). The minimum atomic E-state index is 0.853. The van der Waals surface area contributed by atoms with Crippen LogP contribution in [-0.4, -0.2) is 12.1 Å². The molecular formula is C18H15NO. The lowest BCUT2D eigenvalue weighted by Gasteiger charge is -2.09. The molecule has 0 radical (unpaired) electrons. The second-order valence-corrected chi connectivity index (χ2v) is 4.49. The largest absolute Gasteiger partial charge is 0.497 e. The van der Waals surface area contributed by atoms with Crippen LogP contribution in [-0.2, 0) is 0 Å². The molecule has 0 atom stereocenters. The number of nitrogens with zero attached hydrogens (tertiary/aromatic N) is 1. The molecule has 0 aliphatic carbocycles. The fraction of sp³-hybridized carbons (Fsp3) is 0.0556. The summed E-state index contributed by atoms with van der Waals surface area (Å²) in [4.78, 5) is 4.54. The van der Waals surface area contributed by atoms with E-state index in [2.05, 4.69) is 23.2 Å². The molecule has 3 aromatic rings. The molecule has 0 saturated carbocycles. The number of benzene rings is 2. The molecule has 2 nitrogen and oxygen atoms in total. The topological polar surface area (TPSA) is 22.1 Å². The minimum absolute atomic E-state index is 0.853. The van der Waals surface area contributed by atoms with E-state index in [0.717, 1.165) is 22.6 Å². The Hall–Kier alpha value is -2.61. The first kappa shape index (κ1) is 12.4. The van der Waals surface area contributed by atoms with E-state index in [1.807, 2.05) is 54.7 Å². The van der Waals surface area contributed by atoms with Crippen LogP contribution in [0.25, 0.3) is 22.4 Å². The van der Waals surface area contributed by atoms with E-state index in [-0.39, 0.29) is 0 Å². The molecular weight excluding hydrogens is 246 g/mol. The van der Waals surface area contributed by atoms with E-state index >= 15 is 0 Å². The highest BCUT2D eigenvalue weighted by molar-refractivity contribution is 5.80. The molecule has 0 aliphatic heterocycles. The first-order valence-electron chi connectivity index (χ1n) is 6.53. The molecule has 98 valence electrons. The molecule has 0 spiro atoms. The first-order chi connectivity index (χ1) is 9.88. The second-order valence-electron chi connectivity index (χ2n) is 4.49. The summed E-state index contributed by atoms with van der Waals surface area (Å²) in [6, 6.07) is 22.4. The van der Waals surface area contributed by atoms with Crippen LogP contribution in [0.4, 0.5) is 0 Å². The van der Waals surface area contributed by atoms with Crippen molar-refractivity contribution < 1.29 is 4.74 Å². The van der Waals surface area contributed by atoms with E-state index in [4.69, 9.17) is 4.74 Å². The van der Waals surface area contributed by atoms with Gasteiger partial charge in [-0.05, 0) is 35.9 Å². The zero-order valence-corrected chi connectivity index (χ0v) is 11.3. The SMILES string of the molecule is COc1ccc(-c2ncccc2-c2ccccc2)cc1. The Bertz CT molecular complexity index is 690. The predicted molar refractivity (Wildman–Crippen MR) is 81.7 cm³/mol. The standard InChI is InChI=1S/C18H15NO/c1-20-16-11-9-15(10-12-16)18-17(8-5-13-19-18)14-6-3-2-4-7-14/h2-13H,1H3. The molecule has 1 heterocycles. The van der Waals surface area contributed by atoms with Crippen LogP contribution in [0.2, 0.25) is 0 Å². The Labute approximate surface area is 118 Å². The summed E-state index contributed by atoms with van der Waals surface area (Å²) in [6.45, 7) is 0. The van der Waals surface area contributed by atoms with Crippen molar-refractivity contribution in [2.24, 2.45) is 0 Å². The number of hydrogen-bond donors (Lipinski definition) is 0. The molecule has 0 N–H and O–H groups in total. The highest BCUT2D eigenvalue weighted by Crippen LogP contribution is 2.30. The Morgan fingerprint density at radius 1 is 0.750 bits per heavy atom. The van der Waals surface area contributed by atoms with Gasteiger partial charge in [-0.1, -0.05) is 36.4 Å². The van der Waals surface area contributed by atoms with Crippen molar-refractivity contribution in [2.75, 3.05) is 7.11 Å². The first-order valence-corrected chi connectivity index (χ1v) is 6.53. The molecule has 0 bridgehead atoms. The maximum Gasteiger partial charge on any atom is 0.118 e. The van der Waals surface area contributed by atoms with Gasteiger partial charge in [0.2, 0.25) is 0 Å². The summed E-state index contributed by atoms with van der Waals surface area (Å²) in [7, 11) is 1.67. The van der Waals surface area contributed by atoms with Crippen LogP contribution in [0, 0.1) is 0 Å². The average molecular weight is 261 g/mol. The number of methoxy groups -OCH3 is 1. The summed E-state index contributed by atoms with van der Waals surface area (Å²) in [5, 5.41) is 0. The van der Waals surface area contributed by atoms with Gasteiger partial charge in [0.05, 0.1) is 12.8 Å². The third kappa shape index (κ3) is 2.41. The van der Waals surface area contributed by atoms with Gasteiger partial charge >= 0.3 is 0 Å². The Balaban J connectivity index is 2.10. The molecule has 0 saturated heterocycles. The predicted octanol–water partition coefficient (Wildman–Crippen LogP) is 4.42. The van der Waals surface area contributed by atoms with Crippen LogP contribution in [0.15, 0.2) is 72.9 Å². The van der Waals surface area contributed by atoms with Crippen LogP contribution >= 0.6 is 0 Å². The summed E-state index contributed by atoms with van der Waals surface area (Å²) in [5.74, 6) is 0.853. The molecule has 0 unspecified atom stereocenters. The zero-order chi connectivity index (χ0) is 13.8. The number of hydrogen-bond acceptors (Lipinski definition) is 2. The van der Waals surface area contributed by atoms with E-state index in [1.54, 1.807) is 7.11 Å². The average Bonchev–Trinajstić information content (AvgIpc) is 2.56. The molecule has 2 heteroatoms. The van der Waals surface area contributed by atoms with Gasteiger partial charge in [0.1, 0.15) is 5.75 Å². The van der Waals surface area contributed by atoms with Crippen LogP contribution < -0.4 is 4.74 Å². The number of ether oxygens (including phenoxy) is 1. The minimum Gasteiger partial charge on any atom is -0.497 e. The summed E-state index contributed by atoms with van der Waals surface area (Å²) >= 11 is 0. The second kappa shape index (κ2) is 5.57. The lowest BCUT2D eigenvalue weighted by Crippen LogP contribution is -1.89. The number of aromatic nitrogens is 1. The third-order valence-corrected chi connectivity index (χ3v) is 3.26. The van der Waals surface area contributed by atoms with Gasteiger partial charge in [-0.25, -0.2) is 0 Å². The monoisotopic (exact) mass is 261 g/mol. The third-order valence-electron chi connectivity index (χ3n) is 3.26. The van der Waals surface area contributed by atoms with Crippen molar-refractivity contribution in [1.29, 1.82) is 0 Å². The van der Waals surface area contributed by atoms with Crippen molar-refractivity contribution >= 4 is 0 Å². The van der Waals surface area contributed by atoms with Gasteiger partial charge in [0.15, 0.2) is 0 Å². The molecule has 20 heavy (non-hydrogen) atoms. The molecule has 0 fully saturated rings. The lowest BCUT2D eigenvalue weighted by molar-refractivity contribution is 0.415. The molecule has 0 amide bonds. The Kier molecular flexibility index (Phi) is 3.46. The zero-order valence-electron chi connectivity index (χ0n) is 11.3. The maximum absolute atomic E-state index is 5.20. The van der Waals surface area contributed by atoms with E-state index in [1.165, 1.54) is 5.56 Å². The van der Waals surface area contributed by atoms with Gasteiger partial charge in [-0.2, -0.15) is 0 Å².